The molecule has 1 heterocycles. The molecule has 2 aromatic rings. The first-order valence-corrected chi connectivity index (χ1v) is 6.91. The Balaban J connectivity index is 0.00000264. The number of ether oxygens (including phenoxy) is 1. The summed E-state index contributed by atoms with van der Waals surface area (Å²) in [5, 5.41) is 13.5. The maximum Gasteiger partial charge on any atom is 0.305 e. The van der Waals surface area contributed by atoms with Crippen LogP contribution in [0.25, 0.3) is 0 Å². The monoisotopic (exact) mass is 335 g/mol. The summed E-state index contributed by atoms with van der Waals surface area (Å²) in [5.74, 6) is 0.234. The van der Waals surface area contributed by atoms with Gasteiger partial charge in [0.15, 0.2) is 23.9 Å². The van der Waals surface area contributed by atoms with Crippen molar-refractivity contribution in [3.05, 3.63) is 54.4 Å². The average molecular weight is 336 g/mol. The van der Waals surface area contributed by atoms with Crippen molar-refractivity contribution < 1.29 is 31.6 Å². The number of nitrogens with one attached hydrogen (secondary N) is 1. The van der Waals surface area contributed by atoms with Crippen LogP contribution in [-0.4, -0.2) is 23.8 Å². The third kappa shape index (κ3) is 5.96. The van der Waals surface area contributed by atoms with E-state index in [9.17, 15) is 9.90 Å². The number of hydrogen-bond donors (Lipinski definition) is 2. The lowest BCUT2D eigenvalue weighted by atomic mass is 10.2. The number of carbonyl (C=O) groups is 1. The van der Waals surface area contributed by atoms with Crippen molar-refractivity contribution in [2.24, 2.45) is 5.10 Å². The maximum absolute atomic E-state index is 11.7. The first-order chi connectivity index (χ1) is 10.7. The standard InChI is InChI=1S/C16H17N3O3.ClH/c1-2-22-15-10-13(6-7-14(15)20)11-17-18-16(21)12-19-8-4-3-5-9-19;/h3-11H,2,12H2,1H3,(H-,17,18,20,21);1H. The van der Waals surface area contributed by atoms with Crippen LogP contribution in [0.3, 0.4) is 0 Å². The van der Waals surface area contributed by atoms with Crippen molar-refractivity contribution in [3.63, 3.8) is 0 Å². The zero-order valence-corrected chi connectivity index (χ0v) is 13.4. The smallest absolute Gasteiger partial charge is 0.305 e. The molecule has 0 spiro atoms. The zero-order chi connectivity index (χ0) is 15.8. The molecule has 0 saturated carbocycles. The minimum atomic E-state index is -0.226. The second kappa shape index (κ2) is 9.42. The molecule has 122 valence electrons. The molecular weight excluding hydrogens is 318 g/mol. The van der Waals surface area contributed by atoms with E-state index in [1.165, 1.54) is 12.3 Å². The molecule has 6 nitrogen and oxygen atoms in total. The van der Waals surface area contributed by atoms with Gasteiger partial charge >= 0.3 is 5.91 Å². The number of rotatable bonds is 6. The Labute approximate surface area is 140 Å². The Morgan fingerprint density at radius 1 is 1.35 bits per heavy atom. The van der Waals surface area contributed by atoms with Gasteiger partial charge in [0.25, 0.3) is 0 Å². The fraction of sp³-hybridized carbons (Fsp3) is 0.188. The van der Waals surface area contributed by atoms with Crippen molar-refractivity contribution in [1.82, 2.24) is 5.43 Å². The molecule has 0 aliphatic rings. The Morgan fingerprint density at radius 3 is 2.78 bits per heavy atom. The topological polar surface area (TPSA) is 74.8 Å². The van der Waals surface area contributed by atoms with E-state index < -0.39 is 0 Å². The number of carbonyl (C=O) groups excluding carboxylic acids is 1. The molecule has 1 aromatic heterocycles. The number of pyridine rings is 1. The highest BCUT2D eigenvalue weighted by atomic mass is 35.5. The minimum absolute atomic E-state index is 0. The quantitative estimate of drug-likeness (QED) is 0.373. The van der Waals surface area contributed by atoms with Crippen LogP contribution >= 0.6 is 0 Å². The lowest BCUT2D eigenvalue weighted by molar-refractivity contribution is -0.684. The summed E-state index contributed by atoms with van der Waals surface area (Å²) in [5.41, 5.74) is 3.17. The van der Waals surface area contributed by atoms with E-state index in [0.29, 0.717) is 17.9 Å². The number of phenols is 1. The predicted molar refractivity (Wildman–Crippen MR) is 81.6 cm³/mol. The minimum Gasteiger partial charge on any atom is -1.00 e. The number of nitrogens with zero attached hydrogens (tertiary/aromatic N) is 2. The molecule has 2 rings (SSSR count). The highest BCUT2D eigenvalue weighted by Crippen LogP contribution is 2.26. The number of benzene rings is 1. The largest absolute Gasteiger partial charge is 1.00 e. The summed E-state index contributed by atoms with van der Waals surface area (Å²) in [6, 6.07) is 10.4. The number of hydrogen-bond acceptors (Lipinski definition) is 4. The lowest BCUT2D eigenvalue weighted by Gasteiger charge is -2.05. The number of aromatic hydroxyl groups is 1. The van der Waals surface area contributed by atoms with Crippen LogP contribution in [0.1, 0.15) is 12.5 Å². The van der Waals surface area contributed by atoms with Crippen LogP contribution in [0.15, 0.2) is 53.9 Å². The third-order valence-electron chi connectivity index (χ3n) is 2.79. The Kier molecular flexibility index (Phi) is 7.56. The molecule has 1 amide bonds. The molecule has 7 heteroatoms. The highest BCUT2D eigenvalue weighted by molar-refractivity contribution is 5.82. The number of hydrazone groups is 1. The predicted octanol–water partition coefficient (Wildman–Crippen LogP) is -1.77. The van der Waals surface area contributed by atoms with E-state index >= 15 is 0 Å². The molecule has 23 heavy (non-hydrogen) atoms. The van der Waals surface area contributed by atoms with Gasteiger partial charge in [-0.1, -0.05) is 6.07 Å². The van der Waals surface area contributed by atoms with Gasteiger partial charge in [0.1, 0.15) is 0 Å². The molecule has 0 radical (unpaired) electrons. The molecule has 0 bridgehead atoms. The summed E-state index contributed by atoms with van der Waals surface area (Å²) < 4.78 is 7.03. The Hall–Kier alpha value is -2.60. The SMILES string of the molecule is CCOc1cc(/C=N/NC(=O)C[n+]2ccccc2)ccc1O.[Cl-]. The van der Waals surface area contributed by atoms with Crippen molar-refractivity contribution in [1.29, 1.82) is 0 Å². The van der Waals surface area contributed by atoms with Crippen LogP contribution in [0.5, 0.6) is 11.5 Å². The molecule has 0 aliphatic carbocycles. The van der Waals surface area contributed by atoms with Crippen molar-refractivity contribution in [2.75, 3.05) is 6.61 Å². The normalized spacial score (nSPS) is 10.1. The fourth-order valence-electron chi connectivity index (χ4n) is 1.80. The Bertz CT molecular complexity index is 663. The number of phenolic OH excluding ortho intramolecular Hbond substituents is 1. The highest BCUT2D eigenvalue weighted by Gasteiger charge is 2.07. The van der Waals surface area contributed by atoms with E-state index in [4.69, 9.17) is 4.74 Å². The van der Waals surface area contributed by atoms with Crippen LogP contribution in [0, 0.1) is 0 Å². The molecule has 0 atom stereocenters. The maximum atomic E-state index is 11.7. The third-order valence-corrected chi connectivity index (χ3v) is 2.79. The van der Waals surface area contributed by atoms with Gasteiger partial charge in [0, 0.05) is 12.1 Å². The first kappa shape index (κ1) is 18.4. The van der Waals surface area contributed by atoms with Gasteiger partial charge in [-0.15, -0.1) is 0 Å². The molecule has 0 fully saturated rings. The second-order valence-electron chi connectivity index (χ2n) is 4.50. The summed E-state index contributed by atoms with van der Waals surface area (Å²) in [4.78, 5) is 11.7. The molecular formula is C16H18ClN3O3. The zero-order valence-electron chi connectivity index (χ0n) is 12.6. The van der Waals surface area contributed by atoms with Crippen LogP contribution < -0.4 is 27.1 Å². The van der Waals surface area contributed by atoms with Gasteiger partial charge in [0.2, 0.25) is 6.54 Å². The first-order valence-electron chi connectivity index (χ1n) is 6.91. The molecule has 0 unspecified atom stereocenters. The van der Waals surface area contributed by atoms with Crippen molar-refractivity contribution in [2.45, 2.75) is 13.5 Å². The molecule has 0 aliphatic heterocycles. The van der Waals surface area contributed by atoms with Crippen LogP contribution in [0.4, 0.5) is 0 Å². The number of halogens is 1. The summed E-state index contributed by atoms with van der Waals surface area (Å²) >= 11 is 0. The van der Waals surface area contributed by atoms with Crippen LogP contribution in [-0.2, 0) is 11.3 Å². The molecule has 0 saturated heterocycles. The summed E-state index contributed by atoms with van der Waals surface area (Å²) in [6.45, 7) is 2.48. The number of amides is 1. The lowest BCUT2D eigenvalue weighted by Crippen LogP contribution is -3.00. The average Bonchev–Trinajstić information content (AvgIpc) is 2.51. The van der Waals surface area contributed by atoms with Gasteiger partial charge in [-0.3, -0.25) is 4.79 Å². The van der Waals surface area contributed by atoms with E-state index in [2.05, 4.69) is 10.5 Å². The summed E-state index contributed by atoms with van der Waals surface area (Å²) in [6.07, 6.45) is 5.10. The van der Waals surface area contributed by atoms with E-state index in [1.54, 1.807) is 29.1 Å². The fourth-order valence-corrected chi connectivity index (χ4v) is 1.80. The van der Waals surface area contributed by atoms with Gasteiger partial charge in [-0.25, -0.2) is 5.43 Å². The van der Waals surface area contributed by atoms with E-state index in [-0.39, 0.29) is 30.6 Å². The van der Waals surface area contributed by atoms with Crippen LogP contribution in [0.2, 0.25) is 0 Å². The van der Waals surface area contributed by atoms with Crippen molar-refractivity contribution in [3.8, 4) is 11.5 Å². The number of aromatic nitrogens is 1. The second-order valence-corrected chi connectivity index (χ2v) is 4.50. The van der Waals surface area contributed by atoms with Gasteiger partial charge in [-0.05, 0) is 30.7 Å². The van der Waals surface area contributed by atoms with Gasteiger partial charge in [-0.2, -0.15) is 9.67 Å². The summed E-state index contributed by atoms with van der Waals surface area (Å²) in [7, 11) is 0. The van der Waals surface area contributed by atoms with E-state index in [0.717, 1.165) is 0 Å². The van der Waals surface area contributed by atoms with E-state index in [1.807, 2.05) is 25.1 Å². The van der Waals surface area contributed by atoms with Gasteiger partial charge in [0.05, 0.1) is 12.8 Å². The van der Waals surface area contributed by atoms with Gasteiger partial charge < -0.3 is 22.3 Å². The molecule has 1 aromatic carbocycles. The van der Waals surface area contributed by atoms with Crippen molar-refractivity contribution >= 4 is 12.1 Å². The molecule has 2 N–H and O–H groups in total. The Morgan fingerprint density at radius 2 is 2.09 bits per heavy atom.